The van der Waals surface area contributed by atoms with E-state index in [0.29, 0.717) is 19.8 Å². The highest BCUT2D eigenvalue weighted by Gasteiger charge is 2.20. The van der Waals surface area contributed by atoms with Gasteiger partial charge < -0.3 is 19.7 Å². The molecule has 2 aromatic rings. The maximum Gasteiger partial charge on any atom is 0.239 e. The number of para-hydroxylation sites is 1. The first kappa shape index (κ1) is 16.8. The Kier molecular flexibility index (Phi) is 4.69. The number of anilines is 1. The Morgan fingerprint density at radius 2 is 1.96 bits per heavy atom. The maximum absolute atomic E-state index is 12.6. The number of rotatable bonds is 4. The lowest BCUT2D eigenvalue weighted by Gasteiger charge is -2.31. The van der Waals surface area contributed by atoms with Crippen molar-refractivity contribution >= 4 is 11.6 Å². The summed E-state index contributed by atoms with van der Waals surface area (Å²) in [7, 11) is 0. The molecule has 0 bridgehead atoms. The van der Waals surface area contributed by atoms with E-state index in [1.165, 1.54) is 11.3 Å². The molecule has 0 radical (unpaired) electrons. The summed E-state index contributed by atoms with van der Waals surface area (Å²) in [6, 6.07) is 14.1. The number of nitrogens with zero attached hydrogens (tertiary/aromatic N) is 1. The summed E-state index contributed by atoms with van der Waals surface area (Å²) < 4.78 is 11.2. The van der Waals surface area contributed by atoms with Gasteiger partial charge in [-0.3, -0.25) is 4.79 Å². The highest BCUT2D eigenvalue weighted by Crippen LogP contribution is 2.32. The van der Waals surface area contributed by atoms with Crippen LogP contribution < -0.4 is 19.7 Å². The summed E-state index contributed by atoms with van der Waals surface area (Å²) in [6.07, 6.45) is 2.17. The molecule has 0 spiro atoms. The van der Waals surface area contributed by atoms with Crippen LogP contribution in [0.2, 0.25) is 0 Å². The lowest BCUT2D eigenvalue weighted by Crippen LogP contribution is -2.40. The Morgan fingerprint density at radius 1 is 1.15 bits per heavy atom. The second-order valence-electron chi connectivity index (χ2n) is 6.85. The van der Waals surface area contributed by atoms with Gasteiger partial charge in [-0.15, -0.1) is 0 Å². The number of hydrogen-bond donors (Lipinski definition) is 1. The Labute approximate surface area is 153 Å². The van der Waals surface area contributed by atoms with E-state index in [2.05, 4.69) is 28.4 Å². The van der Waals surface area contributed by atoms with Crippen LogP contribution in [-0.2, 0) is 11.2 Å². The summed E-state index contributed by atoms with van der Waals surface area (Å²) in [5, 5.41) is 3.10. The molecule has 0 saturated heterocycles. The molecule has 5 nitrogen and oxygen atoms in total. The average molecular weight is 352 g/mol. The highest BCUT2D eigenvalue weighted by atomic mass is 16.6. The van der Waals surface area contributed by atoms with Gasteiger partial charge in [0, 0.05) is 12.2 Å². The molecule has 1 N–H and O–H groups in total. The number of carbonyl (C=O) groups excluding carboxylic acids is 1. The van der Waals surface area contributed by atoms with E-state index >= 15 is 0 Å². The van der Waals surface area contributed by atoms with Crippen LogP contribution in [0.1, 0.15) is 30.5 Å². The number of hydrogen-bond acceptors (Lipinski definition) is 4. The summed E-state index contributed by atoms with van der Waals surface area (Å²) in [4.78, 5) is 14.8. The van der Waals surface area contributed by atoms with Gasteiger partial charge in [-0.05, 0) is 49.1 Å². The number of carbonyl (C=O) groups is 1. The van der Waals surface area contributed by atoms with Gasteiger partial charge in [0.2, 0.25) is 5.91 Å². The fourth-order valence-electron chi connectivity index (χ4n) is 3.65. The molecule has 2 aliphatic rings. The van der Waals surface area contributed by atoms with Crippen LogP contribution in [0, 0.1) is 0 Å². The minimum Gasteiger partial charge on any atom is -0.486 e. The molecule has 2 aliphatic heterocycles. The first-order valence-electron chi connectivity index (χ1n) is 9.22. The van der Waals surface area contributed by atoms with Crippen molar-refractivity contribution in [3.05, 3.63) is 53.6 Å². The number of fused-ring (bicyclic) bond motifs is 2. The van der Waals surface area contributed by atoms with Gasteiger partial charge in [0.15, 0.2) is 11.5 Å². The predicted octanol–water partition coefficient (Wildman–Crippen LogP) is 3.09. The zero-order valence-corrected chi connectivity index (χ0v) is 15.0. The second-order valence-corrected chi connectivity index (χ2v) is 6.85. The molecule has 0 saturated carbocycles. The van der Waals surface area contributed by atoms with E-state index < -0.39 is 0 Å². The molecule has 5 heteroatoms. The molecule has 1 amide bonds. The maximum atomic E-state index is 12.6. The van der Waals surface area contributed by atoms with Crippen molar-refractivity contribution < 1.29 is 14.3 Å². The standard InChI is InChI=1S/C21H24N2O3/c1-15(17-8-9-19-20(13-17)26-12-11-25-19)22-21(24)14-23-10-4-6-16-5-2-3-7-18(16)23/h2-3,5,7-9,13,15H,4,6,10-12,14H2,1H3,(H,22,24). The third kappa shape index (κ3) is 3.47. The molecule has 0 fully saturated rings. The fraction of sp³-hybridized carbons (Fsp3) is 0.381. The van der Waals surface area contributed by atoms with Gasteiger partial charge in [-0.1, -0.05) is 24.3 Å². The first-order chi connectivity index (χ1) is 12.7. The number of amides is 1. The number of nitrogens with one attached hydrogen (secondary N) is 1. The van der Waals surface area contributed by atoms with Crippen molar-refractivity contribution in [1.29, 1.82) is 0 Å². The number of ether oxygens (including phenoxy) is 2. The molecule has 0 aromatic heterocycles. The van der Waals surface area contributed by atoms with E-state index in [-0.39, 0.29) is 11.9 Å². The van der Waals surface area contributed by atoms with E-state index in [1.807, 2.05) is 31.2 Å². The zero-order chi connectivity index (χ0) is 17.9. The third-order valence-corrected chi connectivity index (χ3v) is 4.98. The molecule has 2 heterocycles. The largest absolute Gasteiger partial charge is 0.486 e. The summed E-state index contributed by atoms with van der Waals surface area (Å²) in [5.74, 6) is 1.55. The van der Waals surface area contributed by atoms with Gasteiger partial charge in [-0.2, -0.15) is 0 Å². The van der Waals surface area contributed by atoms with Gasteiger partial charge >= 0.3 is 0 Å². The molecule has 1 unspecified atom stereocenters. The van der Waals surface area contributed by atoms with E-state index in [9.17, 15) is 4.79 Å². The Morgan fingerprint density at radius 3 is 2.85 bits per heavy atom. The molecular formula is C21H24N2O3. The van der Waals surface area contributed by atoms with E-state index in [0.717, 1.165) is 36.4 Å². The summed E-state index contributed by atoms with van der Waals surface area (Å²) >= 11 is 0. The lowest BCUT2D eigenvalue weighted by molar-refractivity contribution is -0.120. The molecule has 0 aliphatic carbocycles. The minimum atomic E-state index is -0.0849. The fourth-order valence-corrected chi connectivity index (χ4v) is 3.65. The van der Waals surface area contributed by atoms with Gasteiger partial charge in [0.25, 0.3) is 0 Å². The summed E-state index contributed by atoms with van der Waals surface area (Å²) in [6.45, 7) is 4.43. The monoisotopic (exact) mass is 352 g/mol. The SMILES string of the molecule is CC(NC(=O)CN1CCCc2ccccc21)c1ccc2c(c1)OCCO2. The Balaban J connectivity index is 1.41. The van der Waals surface area contributed by atoms with Crippen LogP contribution in [0.3, 0.4) is 0 Å². The van der Waals surface area contributed by atoms with Crippen molar-refractivity contribution in [1.82, 2.24) is 5.32 Å². The van der Waals surface area contributed by atoms with Crippen LogP contribution >= 0.6 is 0 Å². The van der Waals surface area contributed by atoms with Crippen molar-refractivity contribution in [3.63, 3.8) is 0 Å². The molecule has 4 rings (SSSR count). The predicted molar refractivity (Wildman–Crippen MR) is 101 cm³/mol. The van der Waals surface area contributed by atoms with Gasteiger partial charge in [-0.25, -0.2) is 0 Å². The van der Waals surface area contributed by atoms with E-state index in [1.54, 1.807) is 0 Å². The average Bonchev–Trinajstić information content (AvgIpc) is 2.68. The van der Waals surface area contributed by atoms with Crippen LogP contribution in [-0.4, -0.2) is 32.2 Å². The molecular weight excluding hydrogens is 328 g/mol. The number of benzene rings is 2. The van der Waals surface area contributed by atoms with Crippen LogP contribution in [0.15, 0.2) is 42.5 Å². The third-order valence-electron chi connectivity index (χ3n) is 4.98. The van der Waals surface area contributed by atoms with Crippen molar-refractivity contribution in [2.45, 2.75) is 25.8 Å². The highest BCUT2D eigenvalue weighted by molar-refractivity contribution is 5.82. The first-order valence-corrected chi connectivity index (χ1v) is 9.22. The van der Waals surface area contributed by atoms with Gasteiger partial charge in [0.1, 0.15) is 13.2 Å². The zero-order valence-electron chi connectivity index (χ0n) is 15.0. The molecule has 136 valence electrons. The van der Waals surface area contributed by atoms with Crippen LogP contribution in [0.4, 0.5) is 5.69 Å². The van der Waals surface area contributed by atoms with Gasteiger partial charge in [0.05, 0.1) is 12.6 Å². The van der Waals surface area contributed by atoms with E-state index in [4.69, 9.17) is 9.47 Å². The molecule has 26 heavy (non-hydrogen) atoms. The number of aryl methyl sites for hydroxylation is 1. The van der Waals surface area contributed by atoms with Crippen molar-refractivity contribution in [2.24, 2.45) is 0 Å². The lowest BCUT2D eigenvalue weighted by atomic mass is 10.0. The molecule has 2 aromatic carbocycles. The molecule has 1 atom stereocenters. The second kappa shape index (κ2) is 7.28. The summed E-state index contributed by atoms with van der Waals surface area (Å²) in [5.41, 5.74) is 3.52. The Bertz CT molecular complexity index is 806. The minimum absolute atomic E-state index is 0.0316. The topological polar surface area (TPSA) is 50.8 Å². The quantitative estimate of drug-likeness (QED) is 0.919. The Hall–Kier alpha value is -2.69. The van der Waals surface area contributed by atoms with Crippen molar-refractivity contribution in [2.75, 3.05) is 31.2 Å². The van der Waals surface area contributed by atoms with Crippen LogP contribution in [0.5, 0.6) is 11.5 Å². The normalized spacial score (nSPS) is 16.6. The smallest absolute Gasteiger partial charge is 0.239 e. The van der Waals surface area contributed by atoms with Crippen molar-refractivity contribution in [3.8, 4) is 11.5 Å². The van der Waals surface area contributed by atoms with Crippen LogP contribution in [0.25, 0.3) is 0 Å².